The molecule has 0 fully saturated rings. The van der Waals surface area contributed by atoms with Crippen LogP contribution in [0.5, 0.6) is 0 Å². The molecule has 0 radical (unpaired) electrons. The molecular weight excluding hydrogens is 272 g/mol. The third kappa shape index (κ3) is 3.52. The molecule has 1 aromatic carbocycles. The van der Waals surface area contributed by atoms with Crippen molar-refractivity contribution in [2.75, 3.05) is 17.3 Å². The van der Waals surface area contributed by atoms with Gasteiger partial charge in [-0.3, -0.25) is 9.69 Å². The van der Waals surface area contributed by atoms with Gasteiger partial charge in [0.25, 0.3) is 0 Å². The van der Waals surface area contributed by atoms with Crippen molar-refractivity contribution in [2.24, 2.45) is 0 Å². The highest BCUT2D eigenvalue weighted by molar-refractivity contribution is 6.29. The lowest BCUT2D eigenvalue weighted by Crippen LogP contribution is -2.34. The van der Waals surface area contributed by atoms with E-state index in [0.29, 0.717) is 0 Å². The zero-order valence-electron chi connectivity index (χ0n) is 12.5. The number of amides is 1. The van der Waals surface area contributed by atoms with Crippen LogP contribution in [0.2, 0.25) is 0 Å². The Morgan fingerprint density at radius 2 is 1.75 bits per heavy atom. The fourth-order valence-corrected chi connectivity index (χ4v) is 2.40. The van der Waals surface area contributed by atoms with Crippen molar-refractivity contribution < 1.29 is 4.79 Å². The van der Waals surface area contributed by atoms with Crippen LogP contribution in [0.15, 0.2) is 18.2 Å². The summed E-state index contributed by atoms with van der Waals surface area (Å²) in [6.07, 6.45) is 0. The van der Waals surface area contributed by atoms with Gasteiger partial charge in [0.15, 0.2) is 0 Å². The number of halogens is 1. The average molecular weight is 293 g/mol. The second-order valence-corrected chi connectivity index (χ2v) is 5.63. The number of nitrogens with zero attached hydrogens (tertiary/aromatic N) is 2. The van der Waals surface area contributed by atoms with E-state index in [1.165, 1.54) is 4.90 Å². The molecule has 0 saturated carbocycles. The van der Waals surface area contributed by atoms with Crippen LogP contribution in [-0.2, 0) is 4.79 Å². The molecule has 0 N–H and O–H groups in total. The van der Waals surface area contributed by atoms with E-state index < -0.39 is 0 Å². The van der Waals surface area contributed by atoms with E-state index in [1.807, 2.05) is 18.2 Å². The Labute approximate surface area is 126 Å². The van der Waals surface area contributed by atoms with E-state index in [2.05, 4.69) is 33.8 Å². The molecule has 108 valence electrons. The zero-order chi connectivity index (χ0) is 15.3. The molecule has 0 spiro atoms. The Bertz CT molecular complexity index is 491. The molecule has 0 aromatic heterocycles. The van der Waals surface area contributed by atoms with Crippen LogP contribution in [0.3, 0.4) is 0 Å². The topological polar surface area (TPSA) is 44.1 Å². The molecule has 0 unspecified atom stereocenters. The van der Waals surface area contributed by atoms with Crippen LogP contribution in [0.25, 0.3) is 0 Å². The van der Waals surface area contributed by atoms with E-state index in [0.717, 1.165) is 16.8 Å². The molecule has 0 bridgehead atoms. The summed E-state index contributed by atoms with van der Waals surface area (Å²) in [7, 11) is 0. The predicted octanol–water partition coefficient (Wildman–Crippen LogP) is 4.03. The van der Waals surface area contributed by atoms with Gasteiger partial charge in [-0.15, -0.1) is 11.6 Å². The van der Waals surface area contributed by atoms with Gasteiger partial charge in [-0.25, -0.2) is 0 Å². The second kappa shape index (κ2) is 7.31. The highest BCUT2D eigenvalue weighted by Crippen LogP contribution is 2.35. The number of hydrogen-bond acceptors (Lipinski definition) is 2. The van der Waals surface area contributed by atoms with Crippen LogP contribution in [0.4, 0.5) is 5.69 Å². The Balaban J connectivity index is 3.51. The Morgan fingerprint density at radius 3 is 2.10 bits per heavy atom. The number of hydrogen-bond donors (Lipinski definition) is 0. The number of alkyl halides is 1. The standard InChI is InChI=1S/C16H21ClN2O/c1-11(2)13-6-5-7-14(12(3)4)16(13)19(9-8-18)15(20)10-17/h5-7,11-12H,9-10H2,1-4H3. The summed E-state index contributed by atoms with van der Waals surface area (Å²) in [6, 6.07) is 8.09. The number of nitriles is 1. The number of carbonyl (C=O) groups excluding carboxylic acids is 1. The Morgan fingerprint density at radius 1 is 1.25 bits per heavy atom. The van der Waals surface area contributed by atoms with Gasteiger partial charge in [0.1, 0.15) is 12.4 Å². The van der Waals surface area contributed by atoms with Crippen molar-refractivity contribution in [3.63, 3.8) is 0 Å². The van der Waals surface area contributed by atoms with Gasteiger partial charge in [0.05, 0.1) is 11.8 Å². The highest BCUT2D eigenvalue weighted by atomic mass is 35.5. The summed E-state index contributed by atoms with van der Waals surface area (Å²) >= 11 is 5.70. The van der Waals surface area contributed by atoms with Crippen LogP contribution in [0, 0.1) is 11.3 Å². The van der Waals surface area contributed by atoms with E-state index >= 15 is 0 Å². The average Bonchev–Trinajstić information content (AvgIpc) is 2.43. The van der Waals surface area contributed by atoms with Gasteiger partial charge in [-0.05, 0) is 23.0 Å². The van der Waals surface area contributed by atoms with Gasteiger partial charge < -0.3 is 0 Å². The molecule has 1 aromatic rings. The second-order valence-electron chi connectivity index (χ2n) is 5.37. The quantitative estimate of drug-likeness (QED) is 0.607. The molecule has 1 amide bonds. The van der Waals surface area contributed by atoms with Crippen molar-refractivity contribution in [1.29, 1.82) is 5.26 Å². The molecule has 20 heavy (non-hydrogen) atoms. The smallest absolute Gasteiger partial charge is 0.242 e. The third-order valence-corrected chi connectivity index (χ3v) is 3.49. The molecule has 1 rings (SSSR count). The maximum absolute atomic E-state index is 12.1. The van der Waals surface area contributed by atoms with Gasteiger partial charge in [0.2, 0.25) is 5.91 Å². The van der Waals surface area contributed by atoms with Crippen molar-refractivity contribution in [3.8, 4) is 6.07 Å². The maximum atomic E-state index is 12.1. The first-order chi connectivity index (χ1) is 9.43. The molecule has 0 aliphatic rings. The predicted molar refractivity (Wildman–Crippen MR) is 83.3 cm³/mol. The number of para-hydroxylation sites is 1. The fraction of sp³-hybridized carbons (Fsp3) is 0.500. The van der Waals surface area contributed by atoms with Crippen LogP contribution >= 0.6 is 11.6 Å². The summed E-state index contributed by atoms with van der Waals surface area (Å²) in [4.78, 5) is 13.6. The Hall–Kier alpha value is -1.53. The molecule has 4 heteroatoms. The maximum Gasteiger partial charge on any atom is 0.242 e. The molecule has 0 aliphatic heterocycles. The third-order valence-electron chi connectivity index (χ3n) is 3.26. The van der Waals surface area contributed by atoms with Crippen molar-refractivity contribution in [1.82, 2.24) is 0 Å². The van der Waals surface area contributed by atoms with Gasteiger partial charge in [-0.2, -0.15) is 5.26 Å². The SMILES string of the molecule is CC(C)c1cccc(C(C)C)c1N(CC#N)C(=O)CCl. The van der Waals surface area contributed by atoms with Crippen LogP contribution < -0.4 is 4.90 Å². The molecule has 0 aliphatic carbocycles. The Kier molecular flexibility index (Phi) is 6.04. The number of rotatable bonds is 5. The molecular formula is C16H21ClN2O. The summed E-state index contributed by atoms with van der Waals surface area (Å²) < 4.78 is 0. The monoisotopic (exact) mass is 292 g/mol. The fourth-order valence-electron chi connectivity index (χ4n) is 2.26. The van der Waals surface area contributed by atoms with Crippen molar-refractivity contribution >= 4 is 23.2 Å². The summed E-state index contributed by atoms with van der Waals surface area (Å²) in [5.41, 5.74) is 3.00. The number of benzene rings is 1. The first kappa shape index (κ1) is 16.5. The minimum Gasteiger partial charge on any atom is -0.297 e. The lowest BCUT2D eigenvalue weighted by atomic mass is 9.92. The first-order valence-corrected chi connectivity index (χ1v) is 7.33. The lowest BCUT2D eigenvalue weighted by Gasteiger charge is -2.28. The summed E-state index contributed by atoms with van der Waals surface area (Å²) in [5, 5.41) is 9.01. The van der Waals surface area contributed by atoms with E-state index in [9.17, 15) is 4.79 Å². The summed E-state index contributed by atoms with van der Waals surface area (Å²) in [6.45, 7) is 8.35. The van der Waals surface area contributed by atoms with Gasteiger partial charge >= 0.3 is 0 Å². The molecule has 0 heterocycles. The molecule has 0 atom stereocenters. The van der Waals surface area contributed by atoms with Gasteiger partial charge in [0, 0.05) is 0 Å². The van der Waals surface area contributed by atoms with Crippen LogP contribution in [-0.4, -0.2) is 18.3 Å². The van der Waals surface area contributed by atoms with E-state index in [4.69, 9.17) is 16.9 Å². The van der Waals surface area contributed by atoms with Crippen LogP contribution in [0.1, 0.15) is 50.7 Å². The normalized spacial score (nSPS) is 10.7. The zero-order valence-corrected chi connectivity index (χ0v) is 13.2. The first-order valence-electron chi connectivity index (χ1n) is 6.80. The highest BCUT2D eigenvalue weighted by Gasteiger charge is 2.23. The van der Waals surface area contributed by atoms with E-state index in [-0.39, 0.29) is 30.2 Å². The van der Waals surface area contributed by atoms with E-state index in [1.54, 1.807) is 0 Å². The number of anilines is 1. The number of carbonyl (C=O) groups is 1. The largest absolute Gasteiger partial charge is 0.297 e. The minimum atomic E-state index is -0.233. The van der Waals surface area contributed by atoms with Crippen molar-refractivity contribution in [2.45, 2.75) is 39.5 Å². The molecule has 3 nitrogen and oxygen atoms in total. The molecule has 0 saturated heterocycles. The lowest BCUT2D eigenvalue weighted by molar-refractivity contribution is -0.116. The van der Waals surface area contributed by atoms with Crippen molar-refractivity contribution in [3.05, 3.63) is 29.3 Å². The van der Waals surface area contributed by atoms with Gasteiger partial charge in [-0.1, -0.05) is 45.9 Å². The summed E-state index contributed by atoms with van der Waals surface area (Å²) in [5.74, 6) is 0.190. The minimum absolute atomic E-state index is 0.0228.